The Morgan fingerprint density at radius 2 is 2.44 bits per heavy atom. The lowest BCUT2D eigenvalue weighted by Crippen LogP contribution is -2.45. The number of anilines is 1. The number of methoxy groups -OCH3 is 1. The number of aromatic nitrogens is 1. The van der Waals surface area contributed by atoms with Gasteiger partial charge in [-0.15, -0.1) is 0 Å². The molecule has 0 saturated heterocycles. The average molecular weight is 245 g/mol. The van der Waals surface area contributed by atoms with E-state index in [0.717, 1.165) is 19.3 Å². The van der Waals surface area contributed by atoms with Gasteiger partial charge in [-0.2, -0.15) is 5.26 Å². The van der Waals surface area contributed by atoms with Crippen LogP contribution in [0.3, 0.4) is 0 Å². The van der Waals surface area contributed by atoms with E-state index in [0.29, 0.717) is 18.0 Å². The van der Waals surface area contributed by atoms with E-state index >= 15 is 0 Å². The van der Waals surface area contributed by atoms with Crippen molar-refractivity contribution in [3.8, 4) is 6.07 Å². The number of pyridine rings is 1. The molecular weight excluding hydrogens is 230 g/mol. The molecule has 1 fully saturated rings. The van der Waals surface area contributed by atoms with Gasteiger partial charge in [0.25, 0.3) is 0 Å². The lowest BCUT2D eigenvalue weighted by atomic mass is 9.68. The summed E-state index contributed by atoms with van der Waals surface area (Å²) in [7, 11) is 1.60. The van der Waals surface area contributed by atoms with Crippen molar-refractivity contribution in [1.29, 1.82) is 5.26 Å². The van der Waals surface area contributed by atoms with Gasteiger partial charge >= 0.3 is 0 Å². The highest BCUT2D eigenvalue weighted by Gasteiger charge is 2.44. The van der Waals surface area contributed by atoms with Gasteiger partial charge in [-0.25, -0.2) is 4.98 Å². The lowest BCUT2D eigenvalue weighted by Gasteiger charge is -2.39. The van der Waals surface area contributed by atoms with Crippen LogP contribution in [-0.4, -0.2) is 24.6 Å². The molecule has 1 aliphatic carbocycles. The SMILES string of the molecule is COCC1(C(=O)Nc2cc(C#N)ccn2)CCC1. The number of amides is 1. The van der Waals surface area contributed by atoms with Crippen molar-refractivity contribution < 1.29 is 9.53 Å². The van der Waals surface area contributed by atoms with Gasteiger partial charge in [0, 0.05) is 13.3 Å². The molecule has 0 radical (unpaired) electrons. The fourth-order valence-corrected chi connectivity index (χ4v) is 2.13. The maximum Gasteiger partial charge on any atom is 0.234 e. The Kier molecular flexibility index (Phi) is 3.58. The van der Waals surface area contributed by atoms with E-state index < -0.39 is 5.41 Å². The summed E-state index contributed by atoms with van der Waals surface area (Å²) in [6, 6.07) is 5.18. The Hall–Kier alpha value is -1.93. The maximum absolute atomic E-state index is 12.2. The second-order valence-corrected chi connectivity index (χ2v) is 4.56. The highest BCUT2D eigenvalue weighted by Crippen LogP contribution is 2.41. The molecule has 1 heterocycles. The maximum atomic E-state index is 12.2. The first kappa shape index (κ1) is 12.5. The molecule has 0 bridgehead atoms. The highest BCUT2D eigenvalue weighted by molar-refractivity contribution is 5.95. The monoisotopic (exact) mass is 245 g/mol. The number of hydrogen-bond donors (Lipinski definition) is 1. The molecule has 1 saturated carbocycles. The number of carbonyl (C=O) groups excluding carboxylic acids is 1. The first-order chi connectivity index (χ1) is 8.70. The largest absolute Gasteiger partial charge is 0.384 e. The minimum absolute atomic E-state index is 0.0711. The van der Waals surface area contributed by atoms with Crippen LogP contribution in [-0.2, 0) is 9.53 Å². The molecule has 1 aromatic heterocycles. The topological polar surface area (TPSA) is 75.0 Å². The Labute approximate surface area is 106 Å². The van der Waals surface area contributed by atoms with Crippen molar-refractivity contribution in [1.82, 2.24) is 4.98 Å². The molecule has 5 heteroatoms. The Bertz CT molecular complexity index is 489. The van der Waals surface area contributed by atoms with Crippen molar-refractivity contribution in [2.24, 2.45) is 5.41 Å². The van der Waals surface area contributed by atoms with Gasteiger partial charge in [-0.05, 0) is 25.0 Å². The van der Waals surface area contributed by atoms with E-state index in [9.17, 15) is 4.79 Å². The molecule has 0 aliphatic heterocycles. The number of carbonyl (C=O) groups is 1. The smallest absolute Gasteiger partial charge is 0.234 e. The van der Waals surface area contributed by atoms with E-state index in [1.54, 1.807) is 19.2 Å². The lowest BCUT2D eigenvalue weighted by molar-refractivity contribution is -0.134. The number of nitriles is 1. The van der Waals surface area contributed by atoms with Gasteiger partial charge in [0.15, 0.2) is 0 Å². The summed E-state index contributed by atoms with van der Waals surface area (Å²) in [4.78, 5) is 16.2. The number of ether oxygens (including phenoxy) is 1. The second-order valence-electron chi connectivity index (χ2n) is 4.56. The molecule has 1 aromatic rings. The standard InChI is InChI=1S/C13H15N3O2/c1-18-9-13(4-2-5-13)12(17)16-11-7-10(8-14)3-6-15-11/h3,6-7H,2,4-5,9H2,1H3,(H,15,16,17). The molecule has 2 rings (SSSR count). The molecule has 94 valence electrons. The normalized spacial score (nSPS) is 16.4. The van der Waals surface area contributed by atoms with E-state index in [1.165, 1.54) is 6.20 Å². The fourth-order valence-electron chi connectivity index (χ4n) is 2.13. The summed E-state index contributed by atoms with van der Waals surface area (Å²) in [5.41, 5.74) is 0.0636. The van der Waals surface area contributed by atoms with Crippen LogP contribution in [0, 0.1) is 16.7 Å². The van der Waals surface area contributed by atoms with Crippen molar-refractivity contribution in [3.63, 3.8) is 0 Å². The van der Waals surface area contributed by atoms with Gasteiger partial charge in [-0.3, -0.25) is 4.79 Å². The van der Waals surface area contributed by atoms with Crippen LogP contribution in [0.2, 0.25) is 0 Å². The van der Waals surface area contributed by atoms with Crippen LogP contribution in [0.5, 0.6) is 0 Å². The zero-order valence-corrected chi connectivity index (χ0v) is 10.3. The van der Waals surface area contributed by atoms with Crippen LogP contribution in [0.25, 0.3) is 0 Å². The van der Waals surface area contributed by atoms with Gasteiger partial charge in [0.1, 0.15) is 5.82 Å². The summed E-state index contributed by atoms with van der Waals surface area (Å²) < 4.78 is 5.12. The third-order valence-corrected chi connectivity index (χ3v) is 3.34. The van der Waals surface area contributed by atoms with Crippen LogP contribution in [0.4, 0.5) is 5.82 Å². The third-order valence-electron chi connectivity index (χ3n) is 3.34. The molecule has 1 N–H and O–H groups in total. The van der Waals surface area contributed by atoms with Crippen molar-refractivity contribution >= 4 is 11.7 Å². The van der Waals surface area contributed by atoms with Gasteiger partial charge in [-0.1, -0.05) is 6.42 Å². The van der Waals surface area contributed by atoms with Crippen LogP contribution >= 0.6 is 0 Å². The van der Waals surface area contributed by atoms with Gasteiger partial charge < -0.3 is 10.1 Å². The van der Waals surface area contributed by atoms with Crippen LogP contribution in [0.1, 0.15) is 24.8 Å². The molecule has 1 amide bonds. The molecule has 1 aliphatic rings. The van der Waals surface area contributed by atoms with Crippen molar-refractivity contribution in [3.05, 3.63) is 23.9 Å². The Morgan fingerprint density at radius 1 is 1.67 bits per heavy atom. The summed E-state index contributed by atoms with van der Waals surface area (Å²) in [5.74, 6) is 0.347. The first-order valence-corrected chi connectivity index (χ1v) is 5.87. The Morgan fingerprint density at radius 3 is 3.00 bits per heavy atom. The van der Waals surface area contributed by atoms with E-state index in [-0.39, 0.29) is 5.91 Å². The average Bonchev–Trinajstić information content (AvgIpc) is 2.33. The summed E-state index contributed by atoms with van der Waals surface area (Å²) in [6.45, 7) is 0.427. The molecule has 5 nitrogen and oxygen atoms in total. The van der Waals surface area contributed by atoms with Crippen LogP contribution in [0.15, 0.2) is 18.3 Å². The molecule has 0 spiro atoms. The highest BCUT2D eigenvalue weighted by atomic mass is 16.5. The summed E-state index contributed by atoms with van der Waals surface area (Å²) in [5, 5.41) is 11.6. The molecule has 0 atom stereocenters. The molecule has 18 heavy (non-hydrogen) atoms. The quantitative estimate of drug-likeness (QED) is 0.876. The zero-order chi connectivity index (χ0) is 13.0. The minimum Gasteiger partial charge on any atom is -0.384 e. The van der Waals surface area contributed by atoms with E-state index in [1.807, 2.05) is 6.07 Å². The van der Waals surface area contributed by atoms with E-state index in [4.69, 9.17) is 10.00 Å². The zero-order valence-electron chi connectivity index (χ0n) is 10.3. The van der Waals surface area contributed by atoms with Gasteiger partial charge in [0.05, 0.1) is 23.7 Å². The molecular formula is C13H15N3O2. The summed E-state index contributed by atoms with van der Waals surface area (Å²) >= 11 is 0. The third kappa shape index (κ3) is 2.34. The Balaban J connectivity index is 2.09. The minimum atomic E-state index is -0.418. The molecule has 0 aromatic carbocycles. The van der Waals surface area contributed by atoms with Crippen molar-refractivity contribution in [2.45, 2.75) is 19.3 Å². The summed E-state index contributed by atoms with van der Waals surface area (Å²) in [6.07, 6.45) is 4.23. The number of rotatable bonds is 4. The van der Waals surface area contributed by atoms with Crippen molar-refractivity contribution in [2.75, 3.05) is 19.0 Å². The van der Waals surface area contributed by atoms with Crippen LogP contribution < -0.4 is 5.32 Å². The second kappa shape index (κ2) is 5.15. The van der Waals surface area contributed by atoms with E-state index in [2.05, 4.69) is 10.3 Å². The number of nitrogens with one attached hydrogen (secondary N) is 1. The fraction of sp³-hybridized carbons (Fsp3) is 0.462. The number of nitrogens with zero attached hydrogens (tertiary/aromatic N) is 2. The first-order valence-electron chi connectivity index (χ1n) is 5.87. The number of hydrogen-bond acceptors (Lipinski definition) is 4. The van der Waals surface area contributed by atoms with Gasteiger partial charge in [0.2, 0.25) is 5.91 Å². The predicted octanol–water partition coefficient (Wildman–Crippen LogP) is 1.71. The predicted molar refractivity (Wildman–Crippen MR) is 65.7 cm³/mol. The molecule has 0 unspecified atom stereocenters.